The van der Waals surface area contributed by atoms with Gasteiger partial charge in [0.2, 0.25) is 5.56 Å². The highest BCUT2D eigenvalue weighted by molar-refractivity contribution is 5.29. The molecule has 2 aliphatic rings. The van der Waals surface area contributed by atoms with Gasteiger partial charge in [0.05, 0.1) is 0 Å². The van der Waals surface area contributed by atoms with Crippen LogP contribution < -0.4 is 5.56 Å². The molecule has 0 aliphatic carbocycles. The number of likely N-dealkylation sites (N-methyl/N-ethyl adjacent to an activating group) is 1. The molecular weight excluding hydrogens is 176 g/mol. The van der Waals surface area contributed by atoms with Crippen molar-refractivity contribution in [3.05, 3.63) is 33.7 Å². The Morgan fingerprint density at radius 1 is 1.43 bits per heavy atom. The molecule has 0 saturated carbocycles. The number of aromatic amines is 1. The van der Waals surface area contributed by atoms with E-state index in [1.54, 1.807) is 6.07 Å². The summed E-state index contributed by atoms with van der Waals surface area (Å²) in [6.07, 6.45) is 3.51. The standard InChI is InChI=1S/C11H14N2O/c1-13-7-2-4-10(13)8-3-5-11(14)12-9(8)6-7/h3,5,7,10H,2,4,6H2,1H3,(H,12,14)/t7-,10+/m0/s1. The number of nitrogens with one attached hydrogen (secondary N) is 1. The third kappa shape index (κ3) is 0.989. The van der Waals surface area contributed by atoms with Crippen LogP contribution in [-0.2, 0) is 6.42 Å². The minimum absolute atomic E-state index is 0.0349. The highest BCUT2D eigenvalue weighted by Gasteiger charge is 2.37. The van der Waals surface area contributed by atoms with Gasteiger partial charge in [0, 0.05) is 30.3 Å². The van der Waals surface area contributed by atoms with Crippen molar-refractivity contribution in [2.75, 3.05) is 7.05 Å². The molecular formula is C11H14N2O. The summed E-state index contributed by atoms with van der Waals surface area (Å²) in [7, 11) is 2.19. The van der Waals surface area contributed by atoms with Crippen molar-refractivity contribution in [1.82, 2.24) is 9.88 Å². The average molecular weight is 190 g/mol. The zero-order chi connectivity index (χ0) is 9.71. The average Bonchev–Trinajstić information content (AvgIpc) is 2.44. The number of pyridine rings is 1. The lowest BCUT2D eigenvalue weighted by Crippen LogP contribution is -2.35. The van der Waals surface area contributed by atoms with Crippen LogP contribution in [0.5, 0.6) is 0 Å². The summed E-state index contributed by atoms with van der Waals surface area (Å²) in [6.45, 7) is 0. The number of nitrogens with zero attached hydrogens (tertiary/aromatic N) is 1. The monoisotopic (exact) mass is 190 g/mol. The van der Waals surface area contributed by atoms with Gasteiger partial charge in [-0.1, -0.05) is 6.07 Å². The van der Waals surface area contributed by atoms with Gasteiger partial charge >= 0.3 is 0 Å². The van der Waals surface area contributed by atoms with Gasteiger partial charge in [-0.05, 0) is 25.5 Å². The van der Waals surface area contributed by atoms with Crippen molar-refractivity contribution in [3.8, 4) is 0 Å². The molecule has 1 aromatic heterocycles. The summed E-state index contributed by atoms with van der Waals surface area (Å²) < 4.78 is 0. The normalized spacial score (nSPS) is 30.4. The SMILES string of the molecule is CN1[C@H]2CC[C@@H]1c1ccc(=O)[nH]c1C2. The molecule has 2 aliphatic heterocycles. The maximum absolute atomic E-state index is 11.2. The molecule has 1 fully saturated rings. The van der Waals surface area contributed by atoms with Gasteiger partial charge in [-0.2, -0.15) is 0 Å². The van der Waals surface area contributed by atoms with E-state index in [1.165, 1.54) is 24.1 Å². The molecule has 3 rings (SSSR count). The molecule has 1 aromatic rings. The molecule has 0 radical (unpaired) electrons. The van der Waals surface area contributed by atoms with Crippen molar-refractivity contribution in [1.29, 1.82) is 0 Å². The minimum Gasteiger partial charge on any atom is -0.326 e. The molecule has 3 heteroatoms. The van der Waals surface area contributed by atoms with E-state index in [0.29, 0.717) is 12.1 Å². The molecule has 0 spiro atoms. The maximum Gasteiger partial charge on any atom is 0.248 e. The van der Waals surface area contributed by atoms with Gasteiger partial charge in [-0.3, -0.25) is 9.69 Å². The van der Waals surface area contributed by atoms with E-state index in [0.717, 1.165) is 6.42 Å². The second kappa shape index (κ2) is 2.70. The van der Waals surface area contributed by atoms with Crippen LogP contribution in [0.15, 0.2) is 16.9 Å². The van der Waals surface area contributed by atoms with E-state index in [1.807, 2.05) is 6.07 Å². The Labute approximate surface area is 82.8 Å². The van der Waals surface area contributed by atoms with Crippen molar-refractivity contribution in [2.45, 2.75) is 31.3 Å². The van der Waals surface area contributed by atoms with Crippen LogP contribution in [0.4, 0.5) is 0 Å². The fourth-order valence-electron chi connectivity index (χ4n) is 2.88. The molecule has 14 heavy (non-hydrogen) atoms. The Balaban J connectivity index is 2.16. The third-order valence-electron chi connectivity index (χ3n) is 3.68. The lowest BCUT2D eigenvalue weighted by Gasteiger charge is -2.32. The molecule has 1 N–H and O–H groups in total. The van der Waals surface area contributed by atoms with Crippen LogP contribution in [0.25, 0.3) is 0 Å². The van der Waals surface area contributed by atoms with Crippen LogP contribution in [0.1, 0.15) is 30.1 Å². The molecule has 2 bridgehead atoms. The lowest BCUT2D eigenvalue weighted by molar-refractivity contribution is 0.222. The second-order valence-electron chi connectivity index (χ2n) is 4.37. The fourth-order valence-corrected chi connectivity index (χ4v) is 2.88. The predicted molar refractivity (Wildman–Crippen MR) is 54.3 cm³/mol. The van der Waals surface area contributed by atoms with E-state index in [-0.39, 0.29) is 5.56 Å². The van der Waals surface area contributed by atoms with Gasteiger partial charge in [-0.25, -0.2) is 0 Å². The maximum atomic E-state index is 11.2. The molecule has 2 atom stereocenters. The van der Waals surface area contributed by atoms with Crippen LogP contribution in [0.3, 0.4) is 0 Å². The smallest absolute Gasteiger partial charge is 0.248 e. The first-order valence-corrected chi connectivity index (χ1v) is 5.20. The van der Waals surface area contributed by atoms with Crippen molar-refractivity contribution in [2.24, 2.45) is 0 Å². The molecule has 0 unspecified atom stereocenters. The number of fused-ring (bicyclic) bond motifs is 4. The van der Waals surface area contributed by atoms with E-state index >= 15 is 0 Å². The number of aromatic nitrogens is 1. The van der Waals surface area contributed by atoms with Gasteiger partial charge < -0.3 is 4.98 Å². The van der Waals surface area contributed by atoms with Gasteiger partial charge in [-0.15, -0.1) is 0 Å². The zero-order valence-corrected chi connectivity index (χ0v) is 8.29. The number of H-pyrrole nitrogens is 1. The second-order valence-corrected chi connectivity index (χ2v) is 4.37. The van der Waals surface area contributed by atoms with Crippen LogP contribution >= 0.6 is 0 Å². The first-order valence-electron chi connectivity index (χ1n) is 5.20. The Bertz CT molecular complexity index is 424. The predicted octanol–water partition coefficient (Wildman–Crippen LogP) is 1.07. The van der Waals surface area contributed by atoms with Crippen LogP contribution in [0.2, 0.25) is 0 Å². The van der Waals surface area contributed by atoms with Crippen molar-refractivity contribution in [3.63, 3.8) is 0 Å². The fraction of sp³-hybridized carbons (Fsp3) is 0.545. The number of rotatable bonds is 0. The molecule has 3 heterocycles. The first kappa shape index (κ1) is 8.24. The van der Waals surface area contributed by atoms with E-state index in [2.05, 4.69) is 16.9 Å². The minimum atomic E-state index is 0.0349. The van der Waals surface area contributed by atoms with E-state index in [9.17, 15) is 4.79 Å². The molecule has 3 nitrogen and oxygen atoms in total. The summed E-state index contributed by atoms with van der Waals surface area (Å²) in [5.41, 5.74) is 2.54. The summed E-state index contributed by atoms with van der Waals surface area (Å²) in [6, 6.07) is 4.83. The van der Waals surface area contributed by atoms with E-state index < -0.39 is 0 Å². The van der Waals surface area contributed by atoms with E-state index in [4.69, 9.17) is 0 Å². The third-order valence-corrected chi connectivity index (χ3v) is 3.68. The molecule has 1 saturated heterocycles. The summed E-state index contributed by atoms with van der Waals surface area (Å²) in [4.78, 5) is 16.6. The van der Waals surface area contributed by atoms with Crippen molar-refractivity contribution < 1.29 is 0 Å². The Morgan fingerprint density at radius 3 is 3.14 bits per heavy atom. The van der Waals surface area contributed by atoms with Crippen LogP contribution in [-0.4, -0.2) is 23.0 Å². The van der Waals surface area contributed by atoms with Gasteiger partial charge in [0.15, 0.2) is 0 Å². The molecule has 0 amide bonds. The summed E-state index contributed by atoms with van der Waals surface area (Å²) in [5, 5.41) is 0. The number of hydrogen-bond donors (Lipinski definition) is 1. The number of hydrogen-bond acceptors (Lipinski definition) is 2. The Kier molecular flexibility index (Phi) is 1.59. The quantitative estimate of drug-likeness (QED) is 0.664. The van der Waals surface area contributed by atoms with Crippen molar-refractivity contribution >= 4 is 0 Å². The first-order chi connectivity index (χ1) is 6.75. The van der Waals surface area contributed by atoms with Crippen LogP contribution in [0, 0.1) is 0 Å². The van der Waals surface area contributed by atoms with Gasteiger partial charge in [0.25, 0.3) is 0 Å². The lowest BCUT2D eigenvalue weighted by atomic mass is 9.99. The Morgan fingerprint density at radius 2 is 2.29 bits per heavy atom. The summed E-state index contributed by atoms with van der Waals surface area (Å²) in [5.74, 6) is 0. The summed E-state index contributed by atoms with van der Waals surface area (Å²) >= 11 is 0. The highest BCUT2D eigenvalue weighted by atomic mass is 16.1. The largest absolute Gasteiger partial charge is 0.326 e. The topological polar surface area (TPSA) is 36.1 Å². The zero-order valence-electron chi connectivity index (χ0n) is 8.29. The molecule has 0 aromatic carbocycles. The van der Waals surface area contributed by atoms with Gasteiger partial charge in [0.1, 0.15) is 0 Å². The molecule has 74 valence electrons. The highest BCUT2D eigenvalue weighted by Crippen LogP contribution is 2.41. The Hall–Kier alpha value is -1.09.